The van der Waals surface area contributed by atoms with Gasteiger partial charge < -0.3 is 44.5 Å². The predicted octanol–water partition coefficient (Wildman–Crippen LogP) is 5.65. The Hall–Kier alpha value is -2.13. The summed E-state index contributed by atoms with van der Waals surface area (Å²) >= 11 is 0. The second-order valence-corrected chi connectivity index (χ2v) is 26.4. The van der Waals surface area contributed by atoms with Crippen LogP contribution < -0.4 is 0 Å². The van der Waals surface area contributed by atoms with Gasteiger partial charge in [0.2, 0.25) is 5.79 Å². The van der Waals surface area contributed by atoms with Crippen molar-refractivity contribution in [2.24, 2.45) is 69.0 Å². The van der Waals surface area contributed by atoms with Crippen LogP contribution in [0.1, 0.15) is 143 Å². The minimum absolute atomic E-state index is 0.0559. The van der Waals surface area contributed by atoms with E-state index in [1.54, 1.807) is 0 Å². The molecule has 1 aromatic heterocycles. The molecule has 4 saturated heterocycles. The van der Waals surface area contributed by atoms with Gasteiger partial charge >= 0.3 is 0 Å². The number of rotatable bonds is 0. The number of hydrogen-bond donors (Lipinski definition) is 5. The molecule has 0 bridgehead atoms. The van der Waals surface area contributed by atoms with Gasteiger partial charge in [-0.05, 0) is 127 Å². The van der Waals surface area contributed by atoms with Gasteiger partial charge in [-0.25, -0.2) is 0 Å². The van der Waals surface area contributed by atoms with Crippen LogP contribution in [0.3, 0.4) is 0 Å². The van der Waals surface area contributed by atoms with E-state index in [0.29, 0.717) is 38.0 Å². The molecule has 20 atom stereocenters. The molecular weight excluding hydrogens is 837 g/mol. The molecule has 0 amide bonds. The zero-order chi connectivity index (χ0) is 46.5. The van der Waals surface area contributed by atoms with Gasteiger partial charge in [-0.1, -0.05) is 57.9 Å². The Kier molecular flexibility index (Phi) is 8.54. The molecule has 13 rings (SSSR count). The van der Waals surface area contributed by atoms with Crippen molar-refractivity contribution in [1.29, 1.82) is 0 Å². The molecular formula is C54H74N2O10. The molecule has 8 aliphatic carbocycles. The van der Waals surface area contributed by atoms with Crippen molar-refractivity contribution in [2.45, 2.75) is 204 Å². The molecule has 1 aromatic rings. The van der Waals surface area contributed by atoms with E-state index in [-0.39, 0.29) is 59.7 Å². The monoisotopic (exact) mass is 911 g/mol. The summed E-state index contributed by atoms with van der Waals surface area (Å²) in [7, 11) is 0. The maximum absolute atomic E-state index is 15.0. The van der Waals surface area contributed by atoms with Crippen molar-refractivity contribution in [3.8, 4) is 0 Å². The van der Waals surface area contributed by atoms with Gasteiger partial charge in [-0.2, -0.15) is 0 Å². The maximum atomic E-state index is 15.0. The normalized spacial score (nSPS) is 56.5. The summed E-state index contributed by atoms with van der Waals surface area (Å²) in [6, 6.07) is 0. The van der Waals surface area contributed by atoms with Crippen molar-refractivity contribution >= 4 is 5.78 Å². The molecule has 1 unspecified atom stereocenters. The number of aliphatic hydroxyl groups is 5. The summed E-state index contributed by atoms with van der Waals surface area (Å²) in [6.07, 6.45) is 10.1. The van der Waals surface area contributed by atoms with Crippen LogP contribution in [0, 0.1) is 69.0 Å². The molecule has 0 radical (unpaired) electrons. The lowest BCUT2D eigenvalue weighted by molar-refractivity contribution is -0.337. The van der Waals surface area contributed by atoms with Gasteiger partial charge in [0.25, 0.3) is 0 Å². The number of aromatic nitrogens is 2. The molecule has 8 fully saturated rings. The van der Waals surface area contributed by atoms with Crippen LogP contribution in [0.15, 0.2) is 23.3 Å². The first-order chi connectivity index (χ1) is 30.8. The Morgan fingerprint density at radius 3 is 2.02 bits per heavy atom. The number of nitrogens with zero attached hydrogens (tertiary/aromatic N) is 2. The lowest BCUT2D eigenvalue weighted by Gasteiger charge is -2.64. The van der Waals surface area contributed by atoms with E-state index >= 15 is 0 Å². The lowest BCUT2D eigenvalue weighted by Crippen LogP contribution is -2.70. The van der Waals surface area contributed by atoms with E-state index in [4.69, 9.17) is 28.9 Å². The molecule has 3 spiro atoms. The van der Waals surface area contributed by atoms with Crippen molar-refractivity contribution in [1.82, 2.24) is 9.97 Å². The maximum Gasteiger partial charge on any atom is 0.201 e. The van der Waals surface area contributed by atoms with Crippen LogP contribution in [0.2, 0.25) is 0 Å². The van der Waals surface area contributed by atoms with E-state index < -0.39 is 80.6 Å². The van der Waals surface area contributed by atoms with Crippen LogP contribution in [-0.4, -0.2) is 106 Å². The Bertz CT molecular complexity index is 2420. The first-order valence-corrected chi connectivity index (χ1v) is 25.9. The smallest absolute Gasteiger partial charge is 0.201 e. The Labute approximate surface area is 389 Å². The van der Waals surface area contributed by atoms with Gasteiger partial charge in [0.05, 0.1) is 57.7 Å². The highest BCUT2D eigenvalue weighted by atomic mass is 16.7. The summed E-state index contributed by atoms with van der Waals surface area (Å²) in [4.78, 5) is 26.0. The highest BCUT2D eigenvalue weighted by Gasteiger charge is 2.79. The third-order valence-corrected chi connectivity index (χ3v) is 22.8. The molecule has 12 aliphatic rings. The molecule has 4 aliphatic heterocycles. The van der Waals surface area contributed by atoms with Crippen molar-refractivity contribution < 1.29 is 49.3 Å². The fraction of sp³-hybridized carbons (Fsp3) is 0.833. The van der Waals surface area contributed by atoms with E-state index in [9.17, 15) is 30.3 Å². The van der Waals surface area contributed by atoms with Crippen molar-refractivity contribution in [2.75, 3.05) is 6.61 Å². The van der Waals surface area contributed by atoms with E-state index in [1.807, 2.05) is 41.5 Å². The zero-order valence-electron chi connectivity index (χ0n) is 40.7. The lowest BCUT2D eigenvalue weighted by atomic mass is 9.42. The van der Waals surface area contributed by atoms with Gasteiger partial charge in [0.1, 0.15) is 29.7 Å². The zero-order valence-corrected chi connectivity index (χ0v) is 40.7. The van der Waals surface area contributed by atoms with Gasteiger partial charge in [0, 0.05) is 47.8 Å². The minimum Gasteiger partial charge on any atom is -0.392 e. The van der Waals surface area contributed by atoms with Crippen LogP contribution in [0.4, 0.5) is 0 Å². The predicted molar refractivity (Wildman–Crippen MR) is 240 cm³/mol. The van der Waals surface area contributed by atoms with Crippen LogP contribution >= 0.6 is 0 Å². The highest BCUT2D eigenvalue weighted by Crippen LogP contribution is 2.73. The van der Waals surface area contributed by atoms with Crippen molar-refractivity contribution in [3.05, 3.63) is 46.1 Å². The third kappa shape index (κ3) is 4.83. The number of ether oxygens (including phenoxy) is 4. The number of aliphatic hydroxyl groups excluding tert-OH is 3. The molecule has 4 saturated carbocycles. The van der Waals surface area contributed by atoms with Crippen molar-refractivity contribution in [3.63, 3.8) is 0 Å². The summed E-state index contributed by atoms with van der Waals surface area (Å²) in [5.41, 5.74) is 0.0789. The number of carbonyl (C=O) groups is 1. The minimum atomic E-state index is -1.43. The van der Waals surface area contributed by atoms with Crippen LogP contribution in [0.25, 0.3) is 0 Å². The summed E-state index contributed by atoms with van der Waals surface area (Å²) in [5, 5.41) is 61.4. The second-order valence-electron chi connectivity index (χ2n) is 26.4. The Morgan fingerprint density at radius 1 is 0.712 bits per heavy atom. The SMILES string of the molecule is C[C@@H]1[C@]2(O[C@H]3C=C4[C@@H]5CC[C@H]6Cc7nc8c(nc7C[C@]6(C)[C@H]5C[C@@H](O)[C@]4(C)[C@]31O)C[C@@H]1CC[C@H]3C4=CC[C@@H]5[C@H](C)C6(OC[C@]45C(=O)C[C@]3(O)[C@@]1(C)C8)OC(C)(C)C[C@H]6O)OC(C)(C)C[C@H]2O. The fourth-order valence-electron chi connectivity index (χ4n) is 19.3. The van der Waals surface area contributed by atoms with Gasteiger partial charge in [0.15, 0.2) is 5.79 Å². The quantitative estimate of drug-likeness (QED) is 0.203. The number of ketones is 1. The standard InChI is InChI=1S/C54H74N2O10/c1-26-31-14-15-32-33-13-11-29-17-37-39(21-48(29,8)51(33,61)24-41(58)50(31,32)25-63-53(26)42(59)22-45(3,4)65-53)56-36-16-28-10-12-30-34(47(28,7)20-38(36)55-37)18-40(57)49(9)35(30)19-44-52(49,62)27(2)54(64-44)43(60)23-46(5,6)66-54/h15,19,26-31,33-34,40,42-44,57,59-62H,10-14,16-18,20-25H2,1-9H3/t26-,27-,28-,29-,30+,31+,33-,34-,40+,42+,43+,44-,47-,48-,49+,50+,51+,52+,53?,54-/m0/s1. The topological polar surface area (TPSA) is 181 Å². The molecule has 360 valence electrons. The first kappa shape index (κ1) is 43.9. The molecule has 66 heavy (non-hydrogen) atoms. The number of hydrogen-bond acceptors (Lipinski definition) is 12. The Morgan fingerprint density at radius 2 is 1.35 bits per heavy atom. The summed E-state index contributed by atoms with van der Waals surface area (Å²) in [5.74, 6) is -2.51. The number of carbonyl (C=O) groups excluding carboxylic acids is 1. The fourth-order valence-corrected chi connectivity index (χ4v) is 19.3. The van der Waals surface area contributed by atoms with E-state index in [0.717, 1.165) is 78.9 Å². The molecule has 5 heterocycles. The second kappa shape index (κ2) is 12.8. The largest absolute Gasteiger partial charge is 0.392 e. The third-order valence-electron chi connectivity index (χ3n) is 22.8. The summed E-state index contributed by atoms with van der Waals surface area (Å²) in [6.45, 7) is 18.8. The molecule has 5 N–H and O–H groups in total. The first-order valence-electron chi connectivity index (χ1n) is 25.9. The average Bonchev–Trinajstić information content (AvgIpc) is 3.94. The number of allylic oxidation sites excluding steroid dienone is 1. The average molecular weight is 911 g/mol. The number of Topliss-reactive ketones (excluding diaryl/α,β-unsaturated/α-hetero) is 1. The molecule has 12 nitrogen and oxygen atoms in total. The summed E-state index contributed by atoms with van der Waals surface area (Å²) < 4.78 is 26.3. The van der Waals surface area contributed by atoms with Gasteiger partial charge in [-0.15, -0.1) is 0 Å². The molecule has 0 aromatic carbocycles. The number of fused-ring (bicyclic) bond motifs is 13. The highest BCUT2D eigenvalue weighted by molar-refractivity contribution is 5.92. The Balaban J connectivity index is 0.775. The van der Waals surface area contributed by atoms with E-state index in [1.165, 1.54) is 0 Å². The molecule has 12 heteroatoms. The van der Waals surface area contributed by atoms with E-state index in [2.05, 4.69) is 32.9 Å². The van der Waals surface area contributed by atoms with Crippen LogP contribution in [-0.2, 0) is 49.4 Å². The van der Waals surface area contributed by atoms with Crippen LogP contribution in [0.5, 0.6) is 0 Å². The van der Waals surface area contributed by atoms with Gasteiger partial charge in [-0.3, -0.25) is 14.8 Å².